The third-order valence-corrected chi connectivity index (χ3v) is 4.71. The molecule has 0 bridgehead atoms. The Hall–Kier alpha value is -1.06. The van der Waals surface area contributed by atoms with Gasteiger partial charge in [0.15, 0.2) is 0 Å². The molecule has 1 aliphatic heterocycles. The number of fused-ring (bicyclic) bond motifs is 1. The van der Waals surface area contributed by atoms with Crippen molar-refractivity contribution in [2.24, 2.45) is 5.92 Å². The van der Waals surface area contributed by atoms with E-state index in [0.29, 0.717) is 12.7 Å². The summed E-state index contributed by atoms with van der Waals surface area (Å²) in [6, 6.07) is 8.57. The molecule has 1 saturated carbocycles. The molecule has 4 unspecified atom stereocenters. The fraction of sp³-hybridized carbons (Fsp3) is 0.667. The van der Waals surface area contributed by atoms with E-state index in [9.17, 15) is 0 Å². The monoisotopic (exact) mass is 289 g/mol. The largest absolute Gasteiger partial charge is 0.490 e. The Labute approximate surface area is 128 Å². The lowest BCUT2D eigenvalue weighted by Gasteiger charge is -2.38. The van der Waals surface area contributed by atoms with Crippen molar-refractivity contribution in [1.29, 1.82) is 0 Å². The molecule has 0 aromatic heterocycles. The summed E-state index contributed by atoms with van der Waals surface area (Å²) >= 11 is 0. The van der Waals surface area contributed by atoms with Gasteiger partial charge in [0, 0.05) is 5.56 Å². The van der Waals surface area contributed by atoms with Crippen LogP contribution in [0.3, 0.4) is 0 Å². The van der Waals surface area contributed by atoms with Crippen LogP contribution in [0.15, 0.2) is 24.3 Å². The first-order chi connectivity index (χ1) is 10.3. The molecule has 1 heterocycles. The van der Waals surface area contributed by atoms with E-state index in [1.54, 1.807) is 0 Å². The zero-order valence-electron chi connectivity index (χ0n) is 13.2. The minimum absolute atomic E-state index is 0.121. The van der Waals surface area contributed by atoms with Crippen LogP contribution in [0.4, 0.5) is 0 Å². The first-order valence-electron chi connectivity index (χ1n) is 8.38. The zero-order valence-corrected chi connectivity index (χ0v) is 13.2. The van der Waals surface area contributed by atoms with E-state index >= 15 is 0 Å². The van der Waals surface area contributed by atoms with Crippen LogP contribution in [0.5, 0.6) is 5.75 Å². The van der Waals surface area contributed by atoms with Gasteiger partial charge >= 0.3 is 0 Å². The Morgan fingerprint density at radius 1 is 1.29 bits per heavy atom. The van der Waals surface area contributed by atoms with Crippen molar-refractivity contribution in [2.45, 2.75) is 57.8 Å². The molecule has 0 spiro atoms. The highest BCUT2D eigenvalue weighted by molar-refractivity contribution is 5.38. The maximum atomic E-state index is 6.44. The van der Waals surface area contributed by atoms with Crippen molar-refractivity contribution in [1.82, 2.24) is 5.32 Å². The van der Waals surface area contributed by atoms with Crippen LogP contribution < -0.4 is 10.1 Å². The maximum Gasteiger partial charge on any atom is 0.124 e. The Morgan fingerprint density at radius 3 is 2.95 bits per heavy atom. The number of rotatable bonds is 4. The molecule has 0 amide bonds. The second-order valence-corrected chi connectivity index (χ2v) is 6.45. The number of likely N-dealkylation sites (N-methyl/N-ethyl adjacent to an activating group) is 1. The van der Waals surface area contributed by atoms with Crippen LogP contribution in [0, 0.1) is 5.92 Å². The molecule has 3 heteroatoms. The molecule has 0 saturated heterocycles. The highest BCUT2D eigenvalue weighted by Crippen LogP contribution is 2.35. The van der Waals surface area contributed by atoms with Gasteiger partial charge in [0.1, 0.15) is 18.5 Å². The quantitative estimate of drug-likeness (QED) is 0.917. The standard InChI is InChI=1S/C18H27NO2/c1-3-19-18-15-9-4-5-10-16(15)20-12-17(18)21-14-8-6-7-13(2)11-14/h4-5,9-10,13-14,17-19H,3,6-8,11-12H2,1-2H3. The van der Waals surface area contributed by atoms with Crippen LogP contribution in [0.1, 0.15) is 51.1 Å². The third-order valence-electron chi connectivity index (χ3n) is 4.71. The molecule has 1 aromatic carbocycles. The third kappa shape index (κ3) is 3.41. The van der Waals surface area contributed by atoms with Gasteiger partial charge in [-0.25, -0.2) is 0 Å². The number of ether oxygens (including phenoxy) is 2. The number of nitrogens with one attached hydrogen (secondary N) is 1. The van der Waals surface area contributed by atoms with Gasteiger partial charge in [-0.05, 0) is 31.4 Å². The van der Waals surface area contributed by atoms with Crippen LogP contribution >= 0.6 is 0 Å². The predicted molar refractivity (Wildman–Crippen MR) is 84.6 cm³/mol. The van der Waals surface area contributed by atoms with Crippen molar-refractivity contribution >= 4 is 0 Å². The number of hydrogen-bond acceptors (Lipinski definition) is 3. The molecule has 3 rings (SSSR count). The van der Waals surface area contributed by atoms with E-state index in [2.05, 4.69) is 37.4 Å². The van der Waals surface area contributed by atoms with Gasteiger partial charge < -0.3 is 14.8 Å². The molecular weight excluding hydrogens is 262 g/mol. The number of hydrogen-bond donors (Lipinski definition) is 1. The smallest absolute Gasteiger partial charge is 0.124 e. The highest BCUT2D eigenvalue weighted by atomic mass is 16.5. The van der Waals surface area contributed by atoms with Crippen molar-refractivity contribution in [2.75, 3.05) is 13.2 Å². The molecule has 2 aliphatic rings. The van der Waals surface area contributed by atoms with E-state index in [1.807, 2.05) is 6.07 Å². The topological polar surface area (TPSA) is 30.5 Å². The van der Waals surface area contributed by atoms with Crippen molar-refractivity contribution in [3.05, 3.63) is 29.8 Å². The number of para-hydroxylation sites is 1. The normalized spacial score (nSPS) is 32.3. The van der Waals surface area contributed by atoms with Gasteiger partial charge in [-0.1, -0.05) is 44.9 Å². The summed E-state index contributed by atoms with van der Waals surface area (Å²) in [5.41, 5.74) is 1.24. The molecule has 1 fully saturated rings. The molecule has 1 aromatic rings. The molecular formula is C18H27NO2. The van der Waals surface area contributed by atoms with Crippen molar-refractivity contribution < 1.29 is 9.47 Å². The van der Waals surface area contributed by atoms with Gasteiger partial charge in [0.2, 0.25) is 0 Å². The lowest BCUT2D eigenvalue weighted by molar-refractivity contribution is -0.0787. The number of benzene rings is 1. The fourth-order valence-corrected chi connectivity index (χ4v) is 3.67. The molecule has 116 valence electrons. The molecule has 0 radical (unpaired) electrons. The predicted octanol–water partition coefficient (Wildman–Crippen LogP) is 3.69. The van der Waals surface area contributed by atoms with E-state index < -0.39 is 0 Å². The van der Waals surface area contributed by atoms with Crippen LogP contribution in [-0.2, 0) is 4.74 Å². The van der Waals surface area contributed by atoms with Crippen molar-refractivity contribution in [3.8, 4) is 5.75 Å². The average molecular weight is 289 g/mol. The van der Waals surface area contributed by atoms with Gasteiger partial charge in [-0.2, -0.15) is 0 Å². The van der Waals surface area contributed by atoms with Gasteiger partial charge in [-0.3, -0.25) is 0 Å². The second-order valence-electron chi connectivity index (χ2n) is 6.45. The first-order valence-corrected chi connectivity index (χ1v) is 8.38. The summed E-state index contributed by atoms with van der Waals surface area (Å²) < 4.78 is 12.4. The average Bonchev–Trinajstić information content (AvgIpc) is 2.50. The molecule has 3 nitrogen and oxygen atoms in total. The SMILES string of the molecule is CCNC1c2ccccc2OCC1OC1CCCC(C)C1. The molecule has 1 N–H and O–H groups in total. The fourth-order valence-electron chi connectivity index (χ4n) is 3.67. The van der Waals surface area contributed by atoms with Gasteiger partial charge in [-0.15, -0.1) is 0 Å². The molecule has 4 atom stereocenters. The molecule has 1 aliphatic carbocycles. The minimum atomic E-state index is 0.121. The van der Waals surface area contributed by atoms with Crippen LogP contribution in [-0.4, -0.2) is 25.4 Å². The maximum absolute atomic E-state index is 6.44. The summed E-state index contributed by atoms with van der Waals surface area (Å²) in [5, 5.41) is 3.59. The van der Waals surface area contributed by atoms with E-state index in [1.165, 1.54) is 31.2 Å². The lowest BCUT2D eigenvalue weighted by Crippen LogP contribution is -2.43. The first kappa shape index (κ1) is 14.9. The summed E-state index contributed by atoms with van der Waals surface area (Å²) in [6.45, 7) is 6.08. The summed E-state index contributed by atoms with van der Waals surface area (Å²) in [7, 11) is 0. The Bertz CT molecular complexity index is 462. The van der Waals surface area contributed by atoms with Crippen molar-refractivity contribution in [3.63, 3.8) is 0 Å². The highest BCUT2D eigenvalue weighted by Gasteiger charge is 2.33. The van der Waals surface area contributed by atoms with Crippen LogP contribution in [0.25, 0.3) is 0 Å². The minimum Gasteiger partial charge on any atom is -0.490 e. The summed E-state index contributed by atoms with van der Waals surface area (Å²) in [5.74, 6) is 1.79. The zero-order chi connectivity index (χ0) is 14.7. The Morgan fingerprint density at radius 2 is 2.14 bits per heavy atom. The van der Waals surface area contributed by atoms with Gasteiger partial charge in [0.05, 0.1) is 12.1 Å². The van der Waals surface area contributed by atoms with E-state index in [-0.39, 0.29) is 12.1 Å². The second kappa shape index (κ2) is 6.80. The Kier molecular flexibility index (Phi) is 4.81. The molecule has 21 heavy (non-hydrogen) atoms. The van der Waals surface area contributed by atoms with Crippen LogP contribution in [0.2, 0.25) is 0 Å². The summed E-state index contributed by atoms with van der Waals surface area (Å²) in [4.78, 5) is 0. The summed E-state index contributed by atoms with van der Waals surface area (Å²) in [6.07, 6.45) is 5.55. The Balaban J connectivity index is 1.72. The van der Waals surface area contributed by atoms with Gasteiger partial charge in [0.25, 0.3) is 0 Å². The lowest BCUT2D eigenvalue weighted by atomic mass is 9.88. The van der Waals surface area contributed by atoms with E-state index in [0.717, 1.165) is 18.2 Å². The van der Waals surface area contributed by atoms with E-state index in [4.69, 9.17) is 9.47 Å².